The summed E-state index contributed by atoms with van der Waals surface area (Å²) in [6.45, 7) is 2.01. The average molecular weight is 329 g/mol. The highest BCUT2D eigenvalue weighted by atomic mass is 32.2. The minimum Gasteiger partial charge on any atom is -0.294 e. The first-order chi connectivity index (χ1) is 11.1. The molecular weight excluding hydrogens is 314 g/mol. The molecular formula is C15H15N5O2S. The molecule has 7 nitrogen and oxygen atoms in total. The number of amides is 1. The van der Waals surface area contributed by atoms with E-state index in [0.717, 1.165) is 6.42 Å². The Kier molecular flexibility index (Phi) is 4.61. The Hall–Kier alpha value is -2.35. The standard InChI is InChI=1S/C15H15N5O2S/c1-9-5-11-10(12(21)6-9)7-18-14(19-11)20-13(22)8-23-15-16-3-2-4-17-15/h2-4,7,9H,5-6,8H2,1H3,(H,18,19,20,22)/t9-/m1/s1. The Balaban J connectivity index is 1.63. The van der Waals surface area contributed by atoms with Crippen LogP contribution >= 0.6 is 11.8 Å². The fraction of sp³-hybridized carbons (Fsp3) is 0.333. The Morgan fingerprint density at radius 3 is 2.87 bits per heavy atom. The van der Waals surface area contributed by atoms with E-state index in [9.17, 15) is 9.59 Å². The lowest BCUT2D eigenvalue weighted by Crippen LogP contribution is -2.22. The molecule has 2 aromatic heterocycles. The minimum atomic E-state index is -0.238. The molecule has 1 N–H and O–H groups in total. The van der Waals surface area contributed by atoms with Crippen LogP contribution in [0, 0.1) is 5.92 Å². The van der Waals surface area contributed by atoms with Crippen LogP contribution in [0.25, 0.3) is 0 Å². The number of hydrogen-bond acceptors (Lipinski definition) is 7. The van der Waals surface area contributed by atoms with Crippen molar-refractivity contribution in [1.29, 1.82) is 0 Å². The largest absolute Gasteiger partial charge is 0.294 e. The second-order valence-electron chi connectivity index (χ2n) is 5.36. The molecule has 23 heavy (non-hydrogen) atoms. The van der Waals surface area contributed by atoms with Gasteiger partial charge in [-0.05, 0) is 18.4 Å². The lowest BCUT2D eigenvalue weighted by Gasteiger charge is -2.19. The fourth-order valence-corrected chi connectivity index (χ4v) is 2.95. The van der Waals surface area contributed by atoms with E-state index in [2.05, 4.69) is 25.3 Å². The van der Waals surface area contributed by atoms with E-state index in [1.165, 1.54) is 18.0 Å². The first kappa shape index (κ1) is 15.5. The van der Waals surface area contributed by atoms with Gasteiger partial charge in [-0.2, -0.15) is 0 Å². The highest BCUT2D eigenvalue weighted by Gasteiger charge is 2.24. The van der Waals surface area contributed by atoms with Crippen LogP contribution in [-0.4, -0.2) is 37.4 Å². The molecule has 0 aromatic carbocycles. The average Bonchev–Trinajstić information content (AvgIpc) is 2.53. The zero-order valence-corrected chi connectivity index (χ0v) is 13.3. The molecule has 0 saturated carbocycles. The third-order valence-corrected chi connectivity index (χ3v) is 4.24. The monoisotopic (exact) mass is 329 g/mol. The topological polar surface area (TPSA) is 97.7 Å². The van der Waals surface area contributed by atoms with Gasteiger partial charge in [-0.3, -0.25) is 14.9 Å². The molecule has 0 bridgehead atoms. The fourth-order valence-electron chi connectivity index (χ4n) is 2.35. The first-order valence-electron chi connectivity index (χ1n) is 7.20. The van der Waals surface area contributed by atoms with Crippen molar-refractivity contribution in [2.24, 2.45) is 5.92 Å². The highest BCUT2D eigenvalue weighted by Crippen LogP contribution is 2.24. The molecule has 1 amide bonds. The Bertz CT molecular complexity index is 738. The predicted molar refractivity (Wildman–Crippen MR) is 85.2 cm³/mol. The summed E-state index contributed by atoms with van der Waals surface area (Å²) in [6, 6.07) is 1.72. The van der Waals surface area contributed by atoms with Crippen molar-refractivity contribution in [3.05, 3.63) is 35.9 Å². The second kappa shape index (κ2) is 6.82. The first-order valence-corrected chi connectivity index (χ1v) is 8.19. The van der Waals surface area contributed by atoms with Gasteiger partial charge in [0.1, 0.15) is 0 Å². The summed E-state index contributed by atoms with van der Waals surface area (Å²) >= 11 is 1.23. The molecule has 1 aliphatic rings. The van der Waals surface area contributed by atoms with Crippen molar-refractivity contribution in [1.82, 2.24) is 19.9 Å². The number of carbonyl (C=O) groups excluding carboxylic acids is 2. The van der Waals surface area contributed by atoms with E-state index in [1.54, 1.807) is 18.5 Å². The zero-order valence-electron chi connectivity index (χ0n) is 12.5. The number of rotatable bonds is 4. The van der Waals surface area contributed by atoms with Crippen LogP contribution in [0.5, 0.6) is 0 Å². The molecule has 0 unspecified atom stereocenters. The number of thioether (sulfide) groups is 1. The zero-order chi connectivity index (χ0) is 16.2. The molecule has 1 atom stereocenters. The molecule has 3 rings (SSSR count). The van der Waals surface area contributed by atoms with E-state index in [1.807, 2.05) is 6.92 Å². The normalized spacial score (nSPS) is 16.7. The number of Topliss-reactive ketones (excluding diaryl/α,β-unsaturated/α-hetero) is 1. The summed E-state index contributed by atoms with van der Waals surface area (Å²) in [7, 11) is 0. The molecule has 0 spiro atoms. The van der Waals surface area contributed by atoms with Crippen LogP contribution in [-0.2, 0) is 11.2 Å². The van der Waals surface area contributed by atoms with Gasteiger partial charge in [-0.25, -0.2) is 19.9 Å². The van der Waals surface area contributed by atoms with Crippen LogP contribution in [0.4, 0.5) is 5.95 Å². The van der Waals surface area contributed by atoms with Crippen LogP contribution in [0.15, 0.2) is 29.8 Å². The van der Waals surface area contributed by atoms with Gasteiger partial charge < -0.3 is 0 Å². The van der Waals surface area contributed by atoms with Gasteiger partial charge >= 0.3 is 0 Å². The number of nitrogens with zero attached hydrogens (tertiary/aromatic N) is 4. The number of ketones is 1. The lowest BCUT2D eigenvalue weighted by molar-refractivity contribution is -0.113. The molecule has 118 valence electrons. The summed E-state index contributed by atoms with van der Waals surface area (Å²) in [6.07, 6.45) is 5.99. The number of aromatic nitrogens is 4. The number of nitrogens with one attached hydrogen (secondary N) is 1. The Morgan fingerprint density at radius 2 is 2.09 bits per heavy atom. The minimum absolute atomic E-state index is 0.0633. The van der Waals surface area contributed by atoms with E-state index in [-0.39, 0.29) is 29.3 Å². The third kappa shape index (κ3) is 3.89. The van der Waals surface area contributed by atoms with Crippen LogP contribution < -0.4 is 5.32 Å². The van der Waals surface area contributed by atoms with Crippen molar-refractivity contribution in [2.75, 3.05) is 11.1 Å². The SMILES string of the molecule is C[C@H]1CC(=O)c2cnc(NC(=O)CSc3ncccn3)nc2C1. The number of anilines is 1. The van der Waals surface area contributed by atoms with E-state index in [0.29, 0.717) is 22.8 Å². The molecule has 1 aliphatic carbocycles. The van der Waals surface area contributed by atoms with Crippen molar-refractivity contribution in [3.63, 3.8) is 0 Å². The van der Waals surface area contributed by atoms with Crippen LogP contribution in [0.2, 0.25) is 0 Å². The molecule has 0 fully saturated rings. The lowest BCUT2D eigenvalue weighted by atomic mass is 9.88. The van der Waals surface area contributed by atoms with Gasteiger partial charge in [0.2, 0.25) is 11.9 Å². The molecule has 0 radical (unpaired) electrons. The number of hydrogen-bond donors (Lipinski definition) is 1. The second-order valence-corrected chi connectivity index (χ2v) is 6.30. The third-order valence-electron chi connectivity index (χ3n) is 3.37. The van der Waals surface area contributed by atoms with Crippen LogP contribution in [0.3, 0.4) is 0 Å². The molecule has 0 aliphatic heterocycles. The summed E-state index contributed by atoms with van der Waals surface area (Å²) in [5.41, 5.74) is 1.27. The highest BCUT2D eigenvalue weighted by molar-refractivity contribution is 7.99. The maximum absolute atomic E-state index is 11.9. The quantitative estimate of drug-likeness (QED) is 0.674. The van der Waals surface area contributed by atoms with E-state index in [4.69, 9.17) is 0 Å². The van der Waals surface area contributed by atoms with Gasteiger partial charge in [-0.1, -0.05) is 18.7 Å². The van der Waals surface area contributed by atoms with Gasteiger partial charge in [0.15, 0.2) is 10.9 Å². The van der Waals surface area contributed by atoms with Gasteiger partial charge in [0.25, 0.3) is 0 Å². The van der Waals surface area contributed by atoms with Gasteiger partial charge in [0, 0.05) is 25.0 Å². The summed E-state index contributed by atoms with van der Waals surface area (Å²) in [4.78, 5) is 40.3. The van der Waals surface area contributed by atoms with Gasteiger partial charge in [-0.15, -0.1) is 0 Å². The van der Waals surface area contributed by atoms with Crippen molar-refractivity contribution >= 4 is 29.4 Å². The molecule has 8 heteroatoms. The predicted octanol–water partition coefficient (Wildman–Crippen LogP) is 1.76. The Morgan fingerprint density at radius 1 is 1.30 bits per heavy atom. The van der Waals surface area contributed by atoms with E-state index >= 15 is 0 Å². The van der Waals surface area contributed by atoms with Crippen molar-refractivity contribution < 1.29 is 9.59 Å². The Labute approximate surface area is 137 Å². The van der Waals surface area contributed by atoms with E-state index < -0.39 is 0 Å². The molecule has 2 heterocycles. The maximum Gasteiger partial charge on any atom is 0.237 e. The van der Waals surface area contributed by atoms with Crippen LogP contribution in [0.1, 0.15) is 29.4 Å². The van der Waals surface area contributed by atoms with Crippen molar-refractivity contribution in [3.8, 4) is 0 Å². The summed E-state index contributed by atoms with van der Waals surface area (Å²) in [5, 5.41) is 3.18. The molecule has 2 aromatic rings. The smallest absolute Gasteiger partial charge is 0.237 e. The number of fused-ring (bicyclic) bond motifs is 1. The maximum atomic E-state index is 11.9. The summed E-state index contributed by atoms with van der Waals surface area (Å²) < 4.78 is 0. The van der Waals surface area contributed by atoms with Crippen molar-refractivity contribution in [2.45, 2.75) is 24.9 Å². The number of carbonyl (C=O) groups is 2. The van der Waals surface area contributed by atoms with Gasteiger partial charge in [0.05, 0.1) is 17.0 Å². The molecule has 0 saturated heterocycles. The summed E-state index contributed by atoms with van der Waals surface area (Å²) in [5.74, 6) is 0.482.